The van der Waals surface area contributed by atoms with E-state index in [0.717, 1.165) is 12.8 Å². The molecule has 0 bridgehead atoms. The molecule has 2 rings (SSSR count). The Morgan fingerprint density at radius 3 is 2.53 bits per heavy atom. The molecule has 0 radical (unpaired) electrons. The lowest BCUT2D eigenvalue weighted by Crippen LogP contribution is -2.30. The molecule has 11 heteroatoms. The summed E-state index contributed by atoms with van der Waals surface area (Å²) in [5, 5.41) is 5.32. The van der Waals surface area contributed by atoms with E-state index in [1.54, 1.807) is 20.8 Å². The van der Waals surface area contributed by atoms with Crippen LogP contribution in [0.4, 0.5) is 20.2 Å². The first-order chi connectivity index (χ1) is 14.1. The van der Waals surface area contributed by atoms with Crippen LogP contribution in [-0.4, -0.2) is 31.4 Å². The highest BCUT2D eigenvalue weighted by Crippen LogP contribution is 2.42. The zero-order chi connectivity index (χ0) is 22.5. The number of amides is 1. The minimum Gasteiger partial charge on any atom is -0.462 e. The number of hydrogen-bond donors (Lipinski definition) is 1. The molecule has 1 aromatic carbocycles. The topological polar surface area (TPSA) is 123 Å². The number of halogens is 2. The van der Waals surface area contributed by atoms with Gasteiger partial charge in [0.25, 0.3) is 0 Å². The third kappa shape index (κ3) is 5.17. The quantitative estimate of drug-likeness (QED) is 0.298. The van der Waals surface area contributed by atoms with E-state index >= 15 is 8.78 Å². The van der Waals surface area contributed by atoms with Crippen LogP contribution in [0.25, 0.3) is 10.4 Å². The van der Waals surface area contributed by atoms with Gasteiger partial charge in [-0.1, -0.05) is 25.9 Å². The average Bonchev–Trinajstić information content (AvgIpc) is 2.69. The van der Waals surface area contributed by atoms with Crippen molar-refractivity contribution < 1.29 is 32.6 Å². The lowest BCUT2D eigenvalue weighted by atomic mass is 9.95. The first kappa shape index (κ1) is 23.4. The highest BCUT2D eigenvalue weighted by molar-refractivity contribution is 6.05. The second-order valence-corrected chi connectivity index (χ2v) is 7.58. The summed E-state index contributed by atoms with van der Waals surface area (Å²) in [7, 11) is 0. The summed E-state index contributed by atoms with van der Waals surface area (Å²) in [5.41, 5.74) is 5.36. The van der Waals surface area contributed by atoms with Crippen molar-refractivity contribution in [3.8, 4) is 5.75 Å². The van der Waals surface area contributed by atoms with Crippen LogP contribution < -0.4 is 10.1 Å². The number of carbonyl (C=O) groups excluding carboxylic acids is 2. The molecule has 1 unspecified atom stereocenters. The fraction of sp³-hybridized carbons (Fsp3) is 0.579. The summed E-state index contributed by atoms with van der Waals surface area (Å²) in [4.78, 5) is 27.5. The van der Waals surface area contributed by atoms with E-state index in [-0.39, 0.29) is 6.61 Å². The standard InChI is InChI=1S/C19H24F2N4O5/c1-5-28-17(26)11-14(23-18(27)19(2,3)4)12(20)15(24-25-22)13(21)16(11)30-10-8-6-7-9-29-10/h10H,5-9H2,1-4H3,(H,23,27). The normalized spacial score (nSPS) is 16.4. The highest BCUT2D eigenvalue weighted by Gasteiger charge is 2.34. The predicted octanol–water partition coefficient (Wildman–Crippen LogP) is 4.97. The molecule has 0 aliphatic carbocycles. The summed E-state index contributed by atoms with van der Waals surface area (Å²) in [6.45, 7) is 6.47. The number of ether oxygens (including phenoxy) is 3. The Kier molecular flexibility index (Phi) is 7.58. The van der Waals surface area contributed by atoms with Gasteiger partial charge in [0.2, 0.25) is 5.91 Å². The summed E-state index contributed by atoms with van der Waals surface area (Å²) >= 11 is 0. The zero-order valence-electron chi connectivity index (χ0n) is 17.3. The number of nitrogens with zero attached hydrogens (tertiary/aromatic N) is 3. The molecule has 1 fully saturated rings. The lowest BCUT2D eigenvalue weighted by molar-refractivity contribution is -0.123. The molecule has 1 aliphatic rings. The second kappa shape index (κ2) is 9.73. The molecule has 0 saturated carbocycles. The molecule has 9 nitrogen and oxygen atoms in total. The van der Waals surface area contributed by atoms with Gasteiger partial charge in [-0.15, -0.1) is 0 Å². The Bertz CT molecular complexity index is 873. The average molecular weight is 426 g/mol. The largest absolute Gasteiger partial charge is 0.462 e. The smallest absolute Gasteiger partial charge is 0.344 e. The third-order valence-corrected chi connectivity index (χ3v) is 4.24. The molecule has 1 N–H and O–H groups in total. The minimum absolute atomic E-state index is 0.0911. The maximum Gasteiger partial charge on any atom is 0.344 e. The predicted molar refractivity (Wildman–Crippen MR) is 103 cm³/mol. The number of hydrogen-bond acceptors (Lipinski definition) is 6. The molecule has 1 amide bonds. The monoisotopic (exact) mass is 426 g/mol. The van der Waals surface area contributed by atoms with Crippen molar-refractivity contribution in [3.05, 3.63) is 27.6 Å². The Hall–Kier alpha value is -2.91. The molecular weight excluding hydrogens is 402 g/mol. The summed E-state index contributed by atoms with van der Waals surface area (Å²) in [6.07, 6.45) is 1.02. The zero-order valence-corrected chi connectivity index (χ0v) is 17.3. The van der Waals surface area contributed by atoms with E-state index in [2.05, 4.69) is 15.3 Å². The Labute approximate surface area is 172 Å². The Morgan fingerprint density at radius 2 is 2.00 bits per heavy atom. The molecule has 1 heterocycles. The number of carbonyl (C=O) groups is 2. The van der Waals surface area contributed by atoms with Crippen LogP contribution in [0.15, 0.2) is 5.11 Å². The number of benzene rings is 1. The maximum atomic E-state index is 15.1. The van der Waals surface area contributed by atoms with Gasteiger partial charge in [0.05, 0.1) is 18.9 Å². The lowest BCUT2D eigenvalue weighted by Gasteiger charge is -2.26. The van der Waals surface area contributed by atoms with E-state index in [1.807, 2.05) is 0 Å². The first-order valence-electron chi connectivity index (χ1n) is 9.48. The van der Waals surface area contributed by atoms with Crippen molar-refractivity contribution in [2.24, 2.45) is 10.5 Å². The van der Waals surface area contributed by atoms with Gasteiger partial charge in [-0.2, -0.15) is 0 Å². The number of rotatable bonds is 6. The van der Waals surface area contributed by atoms with Crippen LogP contribution in [0.1, 0.15) is 57.3 Å². The number of nitrogens with one attached hydrogen (secondary N) is 1. The van der Waals surface area contributed by atoms with E-state index in [0.29, 0.717) is 13.0 Å². The molecule has 164 valence electrons. The van der Waals surface area contributed by atoms with Crippen LogP contribution in [0.3, 0.4) is 0 Å². The Balaban J connectivity index is 2.73. The van der Waals surface area contributed by atoms with Gasteiger partial charge < -0.3 is 19.5 Å². The second-order valence-electron chi connectivity index (χ2n) is 7.58. The van der Waals surface area contributed by atoms with Gasteiger partial charge in [0.15, 0.2) is 23.7 Å². The van der Waals surface area contributed by atoms with E-state index in [1.165, 1.54) is 6.92 Å². The van der Waals surface area contributed by atoms with Gasteiger partial charge in [0, 0.05) is 16.7 Å². The number of anilines is 1. The molecule has 30 heavy (non-hydrogen) atoms. The van der Waals surface area contributed by atoms with Crippen LogP contribution in [0.2, 0.25) is 0 Å². The first-order valence-corrected chi connectivity index (χ1v) is 9.48. The summed E-state index contributed by atoms with van der Waals surface area (Å²) in [5.74, 6) is -5.30. The van der Waals surface area contributed by atoms with Crippen LogP contribution in [0.5, 0.6) is 5.75 Å². The van der Waals surface area contributed by atoms with Crippen molar-refractivity contribution in [1.29, 1.82) is 0 Å². The van der Waals surface area contributed by atoms with Gasteiger partial charge in [-0.05, 0) is 25.3 Å². The molecule has 1 atom stereocenters. The minimum atomic E-state index is -1.41. The van der Waals surface area contributed by atoms with Gasteiger partial charge in [-0.3, -0.25) is 4.79 Å². The summed E-state index contributed by atoms with van der Waals surface area (Å²) < 4.78 is 46.0. The van der Waals surface area contributed by atoms with Crippen molar-refractivity contribution in [1.82, 2.24) is 0 Å². The number of esters is 1. The van der Waals surface area contributed by atoms with Crippen molar-refractivity contribution >= 4 is 23.3 Å². The van der Waals surface area contributed by atoms with E-state index in [4.69, 9.17) is 19.7 Å². The third-order valence-electron chi connectivity index (χ3n) is 4.24. The molecular formula is C19H24F2N4O5. The van der Waals surface area contributed by atoms with E-state index in [9.17, 15) is 9.59 Å². The molecule has 0 aromatic heterocycles. The van der Waals surface area contributed by atoms with Crippen molar-refractivity contribution in [2.75, 3.05) is 18.5 Å². The maximum absolute atomic E-state index is 15.1. The van der Waals surface area contributed by atoms with Gasteiger partial charge in [-0.25, -0.2) is 13.6 Å². The Morgan fingerprint density at radius 1 is 1.30 bits per heavy atom. The van der Waals surface area contributed by atoms with Gasteiger partial charge >= 0.3 is 5.97 Å². The van der Waals surface area contributed by atoms with Crippen molar-refractivity contribution in [2.45, 2.75) is 53.2 Å². The summed E-state index contributed by atoms with van der Waals surface area (Å²) in [6, 6.07) is 0. The SMILES string of the molecule is CCOC(=O)c1c(NC(=O)C(C)(C)C)c(F)c(N=[N+]=[N-])c(F)c1OC1CCCCO1. The molecule has 0 spiro atoms. The molecule has 1 saturated heterocycles. The highest BCUT2D eigenvalue weighted by atomic mass is 19.1. The van der Waals surface area contributed by atoms with E-state index < -0.39 is 57.9 Å². The number of azide groups is 1. The fourth-order valence-corrected chi connectivity index (χ4v) is 2.65. The van der Waals surface area contributed by atoms with Crippen LogP contribution in [-0.2, 0) is 14.3 Å². The van der Waals surface area contributed by atoms with Crippen LogP contribution in [0, 0.1) is 17.0 Å². The molecule has 1 aromatic rings. The fourth-order valence-electron chi connectivity index (χ4n) is 2.65. The molecule has 1 aliphatic heterocycles. The van der Waals surface area contributed by atoms with Crippen molar-refractivity contribution in [3.63, 3.8) is 0 Å². The van der Waals surface area contributed by atoms with Gasteiger partial charge in [0.1, 0.15) is 11.3 Å². The van der Waals surface area contributed by atoms with Crippen LogP contribution >= 0.6 is 0 Å².